The average Bonchev–Trinajstić information content (AvgIpc) is 2.83. The Morgan fingerprint density at radius 3 is 2.34 bits per heavy atom. The minimum absolute atomic E-state index is 0.0719. The van der Waals surface area contributed by atoms with Crippen molar-refractivity contribution in [1.29, 1.82) is 0 Å². The second kappa shape index (κ2) is 13.0. The van der Waals surface area contributed by atoms with Gasteiger partial charge in [0.15, 0.2) is 6.10 Å². The molecule has 0 unspecified atom stereocenters. The van der Waals surface area contributed by atoms with E-state index in [2.05, 4.69) is 37.2 Å². The molecule has 0 aliphatic carbocycles. The fourth-order valence-electron chi connectivity index (χ4n) is 3.28. The predicted octanol–water partition coefficient (Wildman–Crippen LogP) is 7.08. The lowest BCUT2D eigenvalue weighted by Gasteiger charge is -2.28. The Hall–Kier alpha value is -3.30. The molecule has 7 nitrogen and oxygen atoms in total. The second-order valence-corrected chi connectivity index (χ2v) is 9.28. The molecular formula is C26H23Br2NO6. The normalized spacial score (nSPS) is 12.6. The number of allylic oxidation sites excluding steroid dienone is 1. The van der Waals surface area contributed by atoms with E-state index in [4.69, 9.17) is 14.6 Å². The SMILES string of the molecule is O=C(O)/C=C/CC[C@H](Oc1ccccc1)[C@@H](OC(=O)Nc1ccc(Br)cc1)c1cc(Br)ccc1O. The van der Waals surface area contributed by atoms with Gasteiger partial charge in [0.1, 0.15) is 17.6 Å². The topological polar surface area (TPSA) is 105 Å². The molecule has 0 radical (unpaired) electrons. The number of nitrogens with one attached hydrogen (secondary N) is 1. The Morgan fingerprint density at radius 1 is 0.971 bits per heavy atom. The Morgan fingerprint density at radius 2 is 1.66 bits per heavy atom. The summed E-state index contributed by atoms with van der Waals surface area (Å²) in [6.45, 7) is 0. The number of aromatic hydroxyl groups is 1. The van der Waals surface area contributed by atoms with Gasteiger partial charge in [-0.1, -0.05) is 56.1 Å². The molecule has 0 saturated carbocycles. The molecule has 0 aromatic heterocycles. The number of para-hydroxylation sites is 1. The van der Waals surface area contributed by atoms with Crippen LogP contribution in [-0.2, 0) is 9.53 Å². The van der Waals surface area contributed by atoms with Crippen molar-refractivity contribution in [3.63, 3.8) is 0 Å². The lowest BCUT2D eigenvalue weighted by Crippen LogP contribution is -2.31. The van der Waals surface area contributed by atoms with Crippen LogP contribution in [0.3, 0.4) is 0 Å². The minimum atomic E-state index is -1.06. The molecule has 182 valence electrons. The number of benzene rings is 3. The number of rotatable bonds is 10. The largest absolute Gasteiger partial charge is 0.508 e. The first-order valence-corrected chi connectivity index (χ1v) is 12.2. The molecule has 1 amide bonds. The number of anilines is 1. The van der Waals surface area contributed by atoms with E-state index in [1.54, 1.807) is 48.5 Å². The molecule has 9 heteroatoms. The van der Waals surface area contributed by atoms with Crippen LogP contribution in [0.1, 0.15) is 24.5 Å². The van der Waals surface area contributed by atoms with Gasteiger partial charge in [0.25, 0.3) is 0 Å². The number of hydrogen-bond donors (Lipinski definition) is 3. The van der Waals surface area contributed by atoms with Crippen LogP contribution < -0.4 is 10.1 Å². The smallest absolute Gasteiger partial charge is 0.412 e. The van der Waals surface area contributed by atoms with E-state index in [0.29, 0.717) is 34.3 Å². The van der Waals surface area contributed by atoms with E-state index >= 15 is 0 Å². The van der Waals surface area contributed by atoms with E-state index in [0.717, 1.165) is 10.5 Å². The van der Waals surface area contributed by atoms with Crippen LogP contribution in [0, 0.1) is 0 Å². The maximum atomic E-state index is 12.9. The molecule has 3 rings (SSSR count). The van der Waals surface area contributed by atoms with Gasteiger partial charge in [-0.25, -0.2) is 9.59 Å². The summed E-state index contributed by atoms with van der Waals surface area (Å²) in [5.41, 5.74) is 0.869. The number of ether oxygens (including phenoxy) is 2. The third-order valence-corrected chi connectivity index (χ3v) is 5.89. The zero-order chi connectivity index (χ0) is 25.2. The van der Waals surface area contributed by atoms with Crippen molar-refractivity contribution in [2.75, 3.05) is 5.32 Å². The van der Waals surface area contributed by atoms with Gasteiger partial charge in [0.05, 0.1) is 0 Å². The fraction of sp³-hybridized carbons (Fsp3) is 0.154. The van der Waals surface area contributed by atoms with Gasteiger partial charge in [-0.15, -0.1) is 0 Å². The zero-order valence-electron chi connectivity index (χ0n) is 18.4. The molecule has 3 aromatic carbocycles. The first-order chi connectivity index (χ1) is 16.8. The van der Waals surface area contributed by atoms with Crippen LogP contribution in [0.2, 0.25) is 0 Å². The first kappa shape index (κ1) is 26.3. The number of phenols is 1. The third-order valence-electron chi connectivity index (χ3n) is 4.87. The molecule has 0 saturated heterocycles. The highest BCUT2D eigenvalue weighted by atomic mass is 79.9. The molecule has 3 N–H and O–H groups in total. The first-order valence-electron chi connectivity index (χ1n) is 10.6. The molecule has 0 bridgehead atoms. The highest BCUT2D eigenvalue weighted by Gasteiger charge is 2.31. The molecule has 0 spiro atoms. The highest BCUT2D eigenvalue weighted by Crippen LogP contribution is 2.35. The number of halogens is 2. The number of phenolic OH excluding ortho intramolecular Hbond substituents is 1. The molecule has 0 aliphatic heterocycles. The summed E-state index contributed by atoms with van der Waals surface area (Å²) < 4.78 is 13.5. The number of carboxylic acid groups (broad SMARTS) is 1. The van der Waals surface area contributed by atoms with Crippen LogP contribution in [0.4, 0.5) is 10.5 Å². The van der Waals surface area contributed by atoms with Crippen molar-refractivity contribution < 1.29 is 29.3 Å². The molecule has 2 atom stereocenters. The summed E-state index contributed by atoms with van der Waals surface area (Å²) >= 11 is 6.75. The van der Waals surface area contributed by atoms with Gasteiger partial charge in [-0.2, -0.15) is 0 Å². The molecular weight excluding hydrogens is 582 g/mol. The van der Waals surface area contributed by atoms with Crippen LogP contribution in [-0.4, -0.2) is 28.4 Å². The predicted molar refractivity (Wildman–Crippen MR) is 140 cm³/mol. The van der Waals surface area contributed by atoms with E-state index in [-0.39, 0.29) is 5.75 Å². The number of amides is 1. The van der Waals surface area contributed by atoms with Gasteiger partial charge in [-0.3, -0.25) is 5.32 Å². The van der Waals surface area contributed by atoms with Crippen molar-refractivity contribution in [2.45, 2.75) is 25.0 Å². The van der Waals surface area contributed by atoms with Gasteiger partial charge in [-0.05, 0) is 67.4 Å². The zero-order valence-corrected chi connectivity index (χ0v) is 21.6. The number of carbonyl (C=O) groups is 2. The average molecular weight is 605 g/mol. The highest BCUT2D eigenvalue weighted by molar-refractivity contribution is 9.10. The monoisotopic (exact) mass is 603 g/mol. The van der Waals surface area contributed by atoms with Gasteiger partial charge in [0, 0.05) is 26.3 Å². The van der Waals surface area contributed by atoms with Gasteiger partial charge >= 0.3 is 12.1 Å². The third kappa shape index (κ3) is 8.45. The lowest BCUT2D eigenvalue weighted by molar-refractivity contribution is -0.131. The molecule has 35 heavy (non-hydrogen) atoms. The van der Waals surface area contributed by atoms with E-state index in [1.165, 1.54) is 12.1 Å². The summed E-state index contributed by atoms with van der Waals surface area (Å²) in [4.78, 5) is 23.7. The van der Waals surface area contributed by atoms with Crippen LogP contribution >= 0.6 is 31.9 Å². The molecule has 3 aromatic rings. The van der Waals surface area contributed by atoms with Crippen molar-refractivity contribution in [2.24, 2.45) is 0 Å². The number of carbonyl (C=O) groups excluding carboxylic acids is 1. The minimum Gasteiger partial charge on any atom is -0.508 e. The van der Waals surface area contributed by atoms with Crippen LogP contribution in [0.5, 0.6) is 11.5 Å². The molecule has 0 aliphatic rings. The number of hydrogen-bond acceptors (Lipinski definition) is 5. The summed E-state index contributed by atoms with van der Waals surface area (Å²) in [5, 5.41) is 22.2. The van der Waals surface area contributed by atoms with Crippen molar-refractivity contribution in [3.05, 3.63) is 99.5 Å². The maximum Gasteiger partial charge on any atom is 0.412 e. The van der Waals surface area contributed by atoms with Gasteiger partial charge in [0.2, 0.25) is 0 Å². The standard InChI is InChI=1S/C26H23Br2NO6/c27-17-10-13-19(14-11-17)29-26(33)35-25(21-16-18(28)12-15-22(21)30)23(8-4-5-9-24(31)32)34-20-6-2-1-3-7-20/h1-3,5-7,9-16,23,25,30H,4,8H2,(H,29,33)(H,31,32)/b9-5+/t23-,25-/m0/s1. The van der Waals surface area contributed by atoms with Crippen LogP contribution in [0.15, 0.2) is 93.9 Å². The molecule has 0 heterocycles. The Balaban J connectivity index is 1.92. The number of aliphatic carboxylic acids is 1. The molecule has 0 fully saturated rings. The van der Waals surface area contributed by atoms with E-state index in [9.17, 15) is 14.7 Å². The Kier molecular flexibility index (Phi) is 9.75. The van der Waals surface area contributed by atoms with Crippen LogP contribution in [0.25, 0.3) is 0 Å². The van der Waals surface area contributed by atoms with Crippen molar-refractivity contribution in [1.82, 2.24) is 0 Å². The fourth-order valence-corrected chi connectivity index (χ4v) is 3.92. The van der Waals surface area contributed by atoms with E-state index < -0.39 is 24.3 Å². The summed E-state index contributed by atoms with van der Waals surface area (Å²) in [6, 6.07) is 20.8. The maximum absolute atomic E-state index is 12.9. The second-order valence-electron chi connectivity index (χ2n) is 7.45. The summed E-state index contributed by atoms with van der Waals surface area (Å²) in [7, 11) is 0. The Bertz CT molecular complexity index is 1170. The number of carboxylic acids is 1. The van der Waals surface area contributed by atoms with Crippen molar-refractivity contribution >= 4 is 49.6 Å². The van der Waals surface area contributed by atoms with E-state index in [1.807, 2.05) is 18.2 Å². The Labute approximate surface area is 219 Å². The quantitative estimate of drug-likeness (QED) is 0.214. The summed E-state index contributed by atoms with van der Waals surface area (Å²) in [6.07, 6.45) is 0.705. The van der Waals surface area contributed by atoms with Gasteiger partial charge < -0.3 is 19.7 Å². The summed E-state index contributed by atoms with van der Waals surface area (Å²) in [5.74, 6) is -0.592. The lowest BCUT2D eigenvalue weighted by atomic mass is 9.99. The van der Waals surface area contributed by atoms with Crippen molar-refractivity contribution in [3.8, 4) is 11.5 Å².